The van der Waals surface area contributed by atoms with Crippen molar-refractivity contribution >= 4 is 5.69 Å². The number of hydrogen-bond acceptors (Lipinski definition) is 3. The molecule has 2 N–H and O–H groups in total. The second kappa shape index (κ2) is 7.66. The van der Waals surface area contributed by atoms with Crippen LogP contribution in [0, 0.1) is 25.5 Å². The molecule has 27 heavy (non-hydrogen) atoms. The Balaban J connectivity index is 1.98. The van der Waals surface area contributed by atoms with Crippen molar-refractivity contribution in [3.63, 3.8) is 0 Å². The number of nitrogens with one attached hydrogen (secondary N) is 1. The summed E-state index contributed by atoms with van der Waals surface area (Å²) < 4.78 is 33.2. The van der Waals surface area contributed by atoms with Gasteiger partial charge in [-0.15, -0.1) is 0 Å². The molecule has 0 aliphatic carbocycles. The molecule has 0 spiro atoms. The van der Waals surface area contributed by atoms with Crippen molar-refractivity contribution in [1.82, 2.24) is 0 Å². The molecule has 5 heteroatoms. The van der Waals surface area contributed by atoms with E-state index in [0.29, 0.717) is 11.3 Å². The maximum Gasteiger partial charge on any atom is 0.146 e. The Labute approximate surface area is 157 Å². The monoisotopic (exact) mass is 369 g/mol. The lowest BCUT2D eigenvalue weighted by Gasteiger charge is -2.17. The van der Waals surface area contributed by atoms with E-state index in [1.54, 1.807) is 20.1 Å². The fourth-order valence-electron chi connectivity index (χ4n) is 3.17. The highest BCUT2D eigenvalue weighted by molar-refractivity contribution is 5.68. The Morgan fingerprint density at radius 1 is 1.00 bits per heavy atom. The van der Waals surface area contributed by atoms with Crippen LogP contribution in [0.3, 0.4) is 0 Å². The number of hydrogen-bond donors (Lipinski definition) is 2. The molecule has 0 radical (unpaired) electrons. The van der Waals surface area contributed by atoms with E-state index in [1.807, 2.05) is 25.1 Å². The summed E-state index contributed by atoms with van der Waals surface area (Å²) >= 11 is 0. The molecule has 140 valence electrons. The summed E-state index contributed by atoms with van der Waals surface area (Å²) in [6.07, 6.45) is 0. The van der Waals surface area contributed by atoms with Gasteiger partial charge in [0.2, 0.25) is 0 Å². The molecule has 0 aliphatic heterocycles. The Bertz CT molecular complexity index is 986. The largest absolute Gasteiger partial charge is 0.508 e. The standard InChI is InChI=1S/C22H21F2NO2/c1-13-9-16(15-5-4-6-18(23)11-15)10-17(22(13)27-3)12-25-21-14(2)20(26)8-7-19(21)24/h4-11,25-26H,12H2,1-3H3. The van der Waals surface area contributed by atoms with E-state index in [-0.39, 0.29) is 23.8 Å². The molecule has 3 aromatic carbocycles. The van der Waals surface area contributed by atoms with E-state index >= 15 is 0 Å². The van der Waals surface area contributed by atoms with Crippen LogP contribution in [0.1, 0.15) is 16.7 Å². The average molecular weight is 369 g/mol. The molecule has 0 aliphatic rings. The predicted octanol–water partition coefficient (Wildman–Crippen LogP) is 5.57. The van der Waals surface area contributed by atoms with Gasteiger partial charge in [-0.3, -0.25) is 0 Å². The Hall–Kier alpha value is -3.08. The summed E-state index contributed by atoms with van der Waals surface area (Å²) in [6, 6.07) is 12.7. The van der Waals surface area contributed by atoms with Gasteiger partial charge in [-0.1, -0.05) is 12.1 Å². The van der Waals surface area contributed by atoms with Gasteiger partial charge in [0.1, 0.15) is 23.1 Å². The molecule has 0 amide bonds. The quantitative estimate of drug-likeness (QED) is 0.617. The van der Waals surface area contributed by atoms with Crippen molar-refractivity contribution < 1.29 is 18.6 Å². The zero-order chi connectivity index (χ0) is 19.6. The molecular weight excluding hydrogens is 348 g/mol. The number of rotatable bonds is 5. The molecule has 0 saturated carbocycles. The lowest BCUT2D eigenvalue weighted by atomic mass is 9.98. The van der Waals surface area contributed by atoms with E-state index in [4.69, 9.17) is 4.74 Å². The Morgan fingerprint density at radius 2 is 1.78 bits per heavy atom. The normalized spacial score (nSPS) is 10.7. The van der Waals surface area contributed by atoms with E-state index in [0.717, 1.165) is 22.3 Å². The first kappa shape index (κ1) is 18.7. The molecular formula is C22H21F2NO2. The number of aryl methyl sites for hydroxylation is 1. The van der Waals surface area contributed by atoms with Crippen LogP contribution in [0.2, 0.25) is 0 Å². The summed E-state index contributed by atoms with van der Waals surface area (Å²) in [7, 11) is 1.58. The fourth-order valence-corrected chi connectivity index (χ4v) is 3.17. The lowest BCUT2D eigenvalue weighted by Crippen LogP contribution is -2.06. The summed E-state index contributed by atoms with van der Waals surface area (Å²) in [5, 5.41) is 12.9. The first-order valence-electron chi connectivity index (χ1n) is 8.56. The SMILES string of the molecule is COc1c(C)cc(-c2cccc(F)c2)cc1CNc1c(F)ccc(O)c1C. The molecule has 3 nitrogen and oxygen atoms in total. The average Bonchev–Trinajstić information content (AvgIpc) is 2.64. The number of halogens is 2. The third-order valence-corrected chi connectivity index (χ3v) is 4.55. The zero-order valence-corrected chi connectivity index (χ0v) is 15.4. The minimum absolute atomic E-state index is 0.0237. The van der Waals surface area contributed by atoms with Gasteiger partial charge in [0.25, 0.3) is 0 Å². The molecule has 0 saturated heterocycles. The van der Waals surface area contributed by atoms with Crippen molar-refractivity contribution in [2.75, 3.05) is 12.4 Å². The zero-order valence-electron chi connectivity index (χ0n) is 15.4. The first-order valence-corrected chi connectivity index (χ1v) is 8.56. The number of benzene rings is 3. The first-order chi connectivity index (χ1) is 12.9. The van der Waals surface area contributed by atoms with Gasteiger partial charge >= 0.3 is 0 Å². The molecule has 0 aromatic heterocycles. The molecule has 0 bridgehead atoms. The summed E-state index contributed by atoms with van der Waals surface area (Å²) in [6.45, 7) is 3.84. The van der Waals surface area contributed by atoms with Gasteiger partial charge in [-0.25, -0.2) is 8.78 Å². The smallest absolute Gasteiger partial charge is 0.146 e. The van der Waals surface area contributed by atoms with Crippen molar-refractivity contribution in [2.45, 2.75) is 20.4 Å². The van der Waals surface area contributed by atoms with E-state index in [9.17, 15) is 13.9 Å². The van der Waals surface area contributed by atoms with E-state index < -0.39 is 5.82 Å². The molecule has 3 aromatic rings. The fraction of sp³-hybridized carbons (Fsp3) is 0.182. The van der Waals surface area contributed by atoms with Crippen molar-refractivity contribution in [1.29, 1.82) is 0 Å². The molecule has 3 rings (SSSR count). The summed E-state index contributed by atoms with van der Waals surface area (Å²) in [4.78, 5) is 0. The van der Waals surface area contributed by atoms with Crippen LogP contribution in [0.25, 0.3) is 11.1 Å². The molecule has 0 unspecified atom stereocenters. The minimum atomic E-state index is -0.442. The van der Waals surface area contributed by atoms with Gasteiger partial charge in [-0.2, -0.15) is 0 Å². The van der Waals surface area contributed by atoms with Crippen LogP contribution >= 0.6 is 0 Å². The molecule has 0 heterocycles. The number of ether oxygens (including phenoxy) is 1. The maximum absolute atomic E-state index is 14.1. The molecule has 0 fully saturated rings. The summed E-state index contributed by atoms with van der Waals surface area (Å²) in [5.74, 6) is -0.0446. The van der Waals surface area contributed by atoms with Gasteiger partial charge < -0.3 is 15.2 Å². The van der Waals surface area contributed by atoms with Crippen LogP contribution in [0.15, 0.2) is 48.5 Å². The summed E-state index contributed by atoms with van der Waals surface area (Å²) in [5.41, 5.74) is 3.97. The number of anilines is 1. The Kier molecular flexibility index (Phi) is 5.31. The van der Waals surface area contributed by atoms with Gasteiger partial charge in [0, 0.05) is 17.7 Å². The van der Waals surface area contributed by atoms with Crippen LogP contribution in [0.4, 0.5) is 14.5 Å². The molecule has 0 atom stereocenters. The maximum atomic E-state index is 14.1. The van der Waals surface area contributed by atoms with Crippen LogP contribution in [0.5, 0.6) is 11.5 Å². The van der Waals surface area contributed by atoms with Crippen LogP contribution < -0.4 is 10.1 Å². The highest BCUT2D eigenvalue weighted by Gasteiger charge is 2.13. The number of methoxy groups -OCH3 is 1. The second-order valence-electron chi connectivity index (χ2n) is 6.42. The number of aromatic hydroxyl groups is 1. The van der Waals surface area contributed by atoms with Gasteiger partial charge in [0.15, 0.2) is 0 Å². The predicted molar refractivity (Wildman–Crippen MR) is 103 cm³/mol. The third-order valence-electron chi connectivity index (χ3n) is 4.55. The Morgan fingerprint density at radius 3 is 2.48 bits per heavy atom. The van der Waals surface area contributed by atoms with Crippen LogP contribution in [-0.2, 0) is 6.54 Å². The van der Waals surface area contributed by atoms with E-state index in [2.05, 4.69) is 5.32 Å². The van der Waals surface area contributed by atoms with Gasteiger partial charge in [0.05, 0.1) is 12.8 Å². The third kappa shape index (κ3) is 3.87. The van der Waals surface area contributed by atoms with E-state index in [1.165, 1.54) is 24.3 Å². The second-order valence-corrected chi connectivity index (χ2v) is 6.42. The minimum Gasteiger partial charge on any atom is -0.508 e. The number of phenolic OH excluding ortho intramolecular Hbond substituents is 1. The highest BCUT2D eigenvalue weighted by Crippen LogP contribution is 2.33. The highest BCUT2D eigenvalue weighted by atomic mass is 19.1. The lowest BCUT2D eigenvalue weighted by molar-refractivity contribution is 0.407. The van der Waals surface area contributed by atoms with Crippen molar-refractivity contribution in [3.05, 3.63) is 76.9 Å². The van der Waals surface area contributed by atoms with Crippen molar-refractivity contribution in [2.24, 2.45) is 0 Å². The van der Waals surface area contributed by atoms with Crippen molar-refractivity contribution in [3.8, 4) is 22.6 Å². The number of phenols is 1. The van der Waals surface area contributed by atoms with Gasteiger partial charge in [-0.05, 0) is 66.9 Å². The van der Waals surface area contributed by atoms with Crippen LogP contribution in [-0.4, -0.2) is 12.2 Å². The topological polar surface area (TPSA) is 41.5 Å².